The Morgan fingerprint density at radius 2 is 1.84 bits per heavy atom. The van der Waals surface area contributed by atoms with Crippen LogP contribution in [0, 0.1) is 11.8 Å². The van der Waals surface area contributed by atoms with E-state index in [0.717, 1.165) is 5.56 Å². The van der Waals surface area contributed by atoms with Gasteiger partial charge in [-0.1, -0.05) is 42.5 Å². The van der Waals surface area contributed by atoms with E-state index < -0.39 is 11.5 Å². The van der Waals surface area contributed by atoms with Gasteiger partial charge in [0.1, 0.15) is 6.61 Å². The molecule has 1 aromatic rings. The largest absolute Gasteiger partial charge is 0.463 e. The molecule has 7 heteroatoms. The zero-order valence-electron chi connectivity index (χ0n) is 18.6. The van der Waals surface area contributed by atoms with Gasteiger partial charge in [-0.15, -0.1) is 0 Å². The van der Waals surface area contributed by atoms with Crippen molar-refractivity contribution in [3.63, 3.8) is 0 Å². The van der Waals surface area contributed by atoms with Crippen LogP contribution < -0.4 is 10.6 Å². The summed E-state index contributed by atoms with van der Waals surface area (Å²) in [5.41, 5.74) is 0.296. The van der Waals surface area contributed by atoms with E-state index in [2.05, 4.69) is 10.6 Å². The van der Waals surface area contributed by atoms with Crippen LogP contribution in [0.5, 0.6) is 0 Å². The van der Waals surface area contributed by atoms with Crippen molar-refractivity contribution < 1.29 is 24.2 Å². The lowest BCUT2D eigenvalue weighted by molar-refractivity contribution is -0.151. The highest BCUT2D eigenvalue weighted by molar-refractivity contribution is 5.86. The monoisotopic (exact) mass is 430 g/mol. The van der Waals surface area contributed by atoms with E-state index in [-0.39, 0.29) is 49.4 Å². The summed E-state index contributed by atoms with van der Waals surface area (Å²) in [4.78, 5) is 37.8. The average molecular weight is 431 g/mol. The Kier molecular flexibility index (Phi) is 9.24. The van der Waals surface area contributed by atoms with Crippen LogP contribution in [0.2, 0.25) is 0 Å². The van der Waals surface area contributed by atoms with Crippen LogP contribution in [-0.2, 0) is 25.5 Å². The molecule has 0 aromatic heterocycles. The molecule has 1 aliphatic rings. The first-order valence-corrected chi connectivity index (χ1v) is 10.8. The van der Waals surface area contributed by atoms with Gasteiger partial charge in [-0.25, -0.2) is 0 Å². The molecule has 1 aliphatic heterocycles. The minimum absolute atomic E-state index is 0.0177. The van der Waals surface area contributed by atoms with Gasteiger partial charge in [-0.2, -0.15) is 0 Å². The number of ether oxygens (including phenoxy) is 1. The van der Waals surface area contributed by atoms with Crippen LogP contribution >= 0.6 is 0 Å². The number of hydrogen-bond donors (Lipinski definition) is 3. The number of aliphatic hydroxyl groups is 1. The van der Waals surface area contributed by atoms with E-state index >= 15 is 0 Å². The van der Waals surface area contributed by atoms with Gasteiger partial charge >= 0.3 is 5.97 Å². The van der Waals surface area contributed by atoms with Crippen molar-refractivity contribution >= 4 is 17.8 Å². The van der Waals surface area contributed by atoms with Crippen LogP contribution in [-0.4, -0.2) is 47.7 Å². The topological polar surface area (TPSA) is 105 Å². The van der Waals surface area contributed by atoms with Gasteiger partial charge in [0.25, 0.3) is 0 Å². The number of rotatable bonds is 6. The summed E-state index contributed by atoms with van der Waals surface area (Å²) in [6.07, 6.45) is 5.21. The Hall–Kier alpha value is -2.67. The second-order valence-electron chi connectivity index (χ2n) is 8.86. The Morgan fingerprint density at radius 1 is 1.19 bits per heavy atom. The molecule has 3 N–H and O–H groups in total. The first kappa shape index (κ1) is 24.6. The summed E-state index contributed by atoms with van der Waals surface area (Å²) in [6.45, 7) is 5.16. The third-order valence-electron chi connectivity index (χ3n) is 5.19. The fourth-order valence-electron chi connectivity index (χ4n) is 3.41. The number of cyclic esters (lactones) is 1. The highest BCUT2D eigenvalue weighted by atomic mass is 16.5. The molecule has 0 aliphatic carbocycles. The molecule has 1 aromatic carbocycles. The highest BCUT2D eigenvalue weighted by Gasteiger charge is 2.30. The van der Waals surface area contributed by atoms with E-state index in [4.69, 9.17) is 9.84 Å². The van der Waals surface area contributed by atoms with Crippen molar-refractivity contribution in [2.45, 2.75) is 58.0 Å². The highest BCUT2D eigenvalue weighted by Crippen LogP contribution is 2.19. The van der Waals surface area contributed by atoms with Crippen LogP contribution in [0.4, 0.5) is 0 Å². The van der Waals surface area contributed by atoms with E-state index in [1.807, 2.05) is 42.5 Å². The van der Waals surface area contributed by atoms with Crippen molar-refractivity contribution in [3.8, 4) is 0 Å². The van der Waals surface area contributed by atoms with Crippen LogP contribution in [0.1, 0.15) is 45.6 Å². The van der Waals surface area contributed by atoms with Gasteiger partial charge in [0.05, 0.1) is 24.0 Å². The van der Waals surface area contributed by atoms with E-state index in [1.54, 1.807) is 20.8 Å². The zero-order valence-corrected chi connectivity index (χ0v) is 18.6. The Bertz CT molecular complexity index is 775. The van der Waals surface area contributed by atoms with Crippen molar-refractivity contribution in [2.75, 3.05) is 13.2 Å². The van der Waals surface area contributed by atoms with Crippen molar-refractivity contribution in [3.05, 3.63) is 48.0 Å². The minimum atomic E-state index is -0.764. The average Bonchev–Trinajstić information content (AvgIpc) is 2.72. The summed E-state index contributed by atoms with van der Waals surface area (Å²) in [5, 5.41) is 14.7. The molecule has 0 saturated heterocycles. The predicted octanol–water partition coefficient (Wildman–Crippen LogP) is 2.14. The van der Waals surface area contributed by atoms with Crippen LogP contribution in [0.15, 0.2) is 42.5 Å². The Morgan fingerprint density at radius 3 is 2.48 bits per heavy atom. The molecule has 0 unspecified atom stereocenters. The summed E-state index contributed by atoms with van der Waals surface area (Å²) < 4.78 is 5.55. The molecule has 0 fully saturated rings. The van der Waals surface area contributed by atoms with Gasteiger partial charge in [-0.05, 0) is 45.6 Å². The lowest BCUT2D eigenvalue weighted by atomic mass is 9.93. The number of benzene rings is 1. The summed E-state index contributed by atoms with van der Waals surface area (Å²) >= 11 is 0. The molecule has 7 nitrogen and oxygen atoms in total. The molecule has 2 rings (SSSR count). The molecule has 31 heavy (non-hydrogen) atoms. The molecule has 0 spiro atoms. The number of esters is 1. The standard InChI is InChI=1S/C24H34N2O5/c1-17(15-27)25-21(28)14-19-11-7-8-12-20(13-18-9-5-4-6-10-18)23(30)31-16-24(2,3)26-22(19)29/h4-10,17,19-20,27H,11-16H2,1-3H3,(H,25,28)(H,26,29)/t17-,19+,20+/m0/s1. The zero-order chi connectivity index (χ0) is 22.9. The third-order valence-corrected chi connectivity index (χ3v) is 5.19. The number of nitrogens with one attached hydrogen (secondary N) is 2. The number of aliphatic hydroxyl groups excluding tert-OH is 1. The lowest BCUT2D eigenvalue weighted by Crippen LogP contribution is -2.50. The lowest BCUT2D eigenvalue weighted by Gasteiger charge is -2.29. The normalized spacial score (nSPS) is 23.0. The van der Waals surface area contributed by atoms with E-state index in [0.29, 0.717) is 19.3 Å². The van der Waals surface area contributed by atoms with Gasteiger partial charge in [0, 0.05) is 12.5 Å². The molecule has 2 amide bonds. The molecule has 0 bridgehead atoms. The Balaban J connectivity index is 2.14. The van der Waals surface area contributed by atoms with Gasteiger partial charge in [0.2, 0.25) is 11.8 Å². The molecule has 3 atom stereocenters. The summed E-state index contributed by atoms with van der Waals surface area (Å²) in [7, 11) is 0. The third kappa shape index (κ3) is 8.53. The van der Waals surface area contributed by atoms with Crippen molar-refractivity contribution in [2.24, 2.45) is 11.8 Å². The van der Waals surface area contributed by atoms with Gasteiger partial charge in [0.15, 0.2) is 0 Å². The maximum atomic E-state index is 12.8. The fourth-order valence-corrected chi connectivity index (χ4v) is 3.41. The smallest absolute Gasteiger partial charge is 0.309 e. The molecule has 1 heterocycles. The van der Waals surface area contributed by atoms with E-state index in [1.165, 1.54) is 0 Å². The number of carbonyl (C=O) groups is 3. The second-order valence-corrected chi connectivity index (χ2v) is 8.86. The molecular formula is C24H34N2O5. The first-order valence-electron chi connectivity index (χ1n) is 10.8. The molecule has 0 saturated carbocycles. The predicted molar refractivity (Wildman–Crippen MR) is 118 cm³/mol. The molecular weight excluding hydrogens is 396 g/mol. The first-order chi connectivity index (χ1) is 14.7. The van der Waals surface area contributed by atoms with Gasteiger partial charge in [-0.3, -0.25) is 14.4 Å². The maximum absolute atomic E-state index is 12.8. The fraction of sp³-hybridized carbons (Fsp3) is 0.542. The molecule has 170 valence electrons. The number of amides is 2. The minimum Gasteiger partial charge on any atom is -0.463 e. The maximum Gasteiger partial charge on any atom is 0.309 e. The van der Waals surface area contributed by atoms with Crippen molar-refractivity contribution in [1.82, 2.24) is 10.6 Å². The summed E-state index contributed by atoms with van der Waals surface area (Å²) in [5.74, 6) is -1.71. The van der Waals surface area contributed by atoms with Gasteiger partial charge < -0.3 is 20.5 Å². The van der Waals surface area contributed by atoms with E-state index in [9.17, 15) is 14.4 Å². The van der Waals surface area contributed by atoms with Crippen LogP contribution in [0.3, 0.4) is 0 Å². The number of carbonyl (C=O) groups excluding carboxylic acids is 3. The number of allylic oxidation sites excluding steroid dienone is 2. The summed E-state index contributed by atoms with van der Waals surface area (Å²) in [6, 6.07) is 9.42. The SMILES string of the molecule is C[C@@H](CO)NC(=O)C[C@H]1CC=CC[C@H](Cc2ccccc2)C(=O)OCC(C)(C)NC1=O. The quantitative estimate of drug-likeness (QED) is 0.474. The Labute approximate surface area is 184 Å². The van der Waals surface area contributed by atoms with Crippen molar-refractivity contribution in [1.29, 1.82) is 0 Å². The second kappa shape index (κ2) is 11.6. The number of hydrogen-bond acceptors (Lipinski definition) is 5. The molecule has 0 radical (unpaired) electrons. The van der Waals surface area contributed by atoms with Crippen LogP contribution in [0.25, 0.3) is 0 Å².